The molecule has 1 unspecified atom stereocenters. The number of nitrogens with two attached hydrogens (primary N) is 1. The van der Waals surface area contributed by atoms with Gasteiger partial charge in [0.05, 0.1) is 6.61 Å². The van der Waals surface area contributed by atoms with Crippen molar-refractivity contribution in [3.8, 4) is 0 Å². The summed E-state index contributed by atoms with van der Waals surface area (Å²) >= 11 is 0. The van der Waals surface area contributed by atoms with Crippen LogP contribution in [0.2, 0.25) is 0 Å². The van der Waals surface area contributed by atoms with Crippen LogP contribution >= 0.6 is 0 Å². The monoisotopic (exact) mass is 183 g/mol. The lowest BCUT2D eigenvalue weighted by atomic mass is 10.00. The summed E-state index contributed by atoms with van der Waals surface area (Å²) < 4.78 is 18.2. The first-order valence-corrected chi connectivity index (χ1v) is 4.23. The van der Waals surface area contributed by atoms with Gasteiger partial charge < -0.3 is 10.5 Å². The van der Waals surface area contributed by atoms with E-state index in [0.29, 0.717) is 18.7 Å². The van der Waals surface area contributed by atoms with Crippen molar-refractivity contribution >= 4 is 0 Å². The topological polar surface area (TPSA) is 35.2 Å². The molecule has 2 N–H and O–H groups in total. The highest BCUT2D eigenvalue weighted by molar-refractivity contribution is 5.22. The van der Waals surface area contributed by atoms with Crippen LogP contribution in [0.5, 0.6) is 0 Å². The van der Waals surface area contributed by atoms with Gasteiger partial charge in [0.1, 0.15) is 5.82 Å². The fourth-order valence-corrected chi connectivity index (χ4v) is 1.29. The average molecular weight is 183 g/mol. The van der Waals surface area contributed by atoms with Crippen LogP contribution < -0.4 is 5.73 Å². The Hall–Kier alpha value is -0.930. The van der Waals surface area contributed by atoms with Crippen molar-refractivity contribution in [2.24, 2.45) is 5.73 Å². The van der Waals surface area contributed by atoms with E-state index in [1.54, 1.807) is 25.3 Å². The van der Waals surface area contributed by atoms with Crippen molar-refractivity contribution in [3.63, 3.8) is 0 Å². The number of hydrogen-bond donors (Lipinski definition) is 1. The number of halogens is 1. The van der Waals surface area contributed by atoms with Gasteiger partial charge >= 0.3 is 0 Å². The largest absolute Gasteiger partial charge is 0.384 e. The Morgan fingerprint density at radius 3 is 2.69 bits per heavy atom. The van der Waals surface area contributed by atoms with E-state index in [0.717, 1.165) is 0 Å². The highest BCUT2D eigenvalue weighted by Crippen LogP contribution is 2.17. The molecule has 13 heavy (non-hydrogen) atoms. The van der Waals surface area contributed by atoms with Gasteiger partial charge in [-0.1, -0.05) is 18.2 Å². The van der Waals surface area contributed by atoms with Gasteiger partial charge in [-0.15, -0.1) is 0 Å². The summed E-state index contributed by atoms with van der Waals surface area (Å²) in [6.07, 6.45) is 0. The maximum Gasteiger partial charge on any atom is 0.126 e. The first kappa shape index (κ1) is 10.2. The Morgan fingerprint density at radius 2 is 2.15 bits per heavy atom. The van der Waals surface area contributed by atoms with Gasteiger partial charge in [-0.25, -0.2) is 4.39 Å². The lowest BCUT2D eigenvalue weighted by molar-refractivity contribution is 0.180. The van der Waals surface area contributed by atoms with Gasteiger partial charge in [-0.3, -0.25) is 0 Å². The maximum atomic E-state index is 13.2. The van der Waals surface area contributed by atoms with Crippen LogP contribution in [0.4, 0.5) is 4.39 Å². The SMILES string of the molecule is COCC(CN)c1ccccc1F. The van der Waals surface area contributed by atoms with E-state index >= 15 is 0 Å². The van der Waals surface area contributed by atoms with Crippen molar-refractivity contribution in [2.45, 2.75) is 5.92 Å². The minimum absolute atomic E-state index is 0.0498. The highest BCUT2D eigenvalue weighted by Gasteiger charge is 2.12. The summed E-state index contributed by atoms with van der Waals surface area (Å²) in [4.78, 5) is 0. The van der Waals surface area contributed by atoms with Gasteiger partial charge in [0.2, 0.25) is 0 Å². The van der Waals surface area contributed by atoms with Crippen LogP contribution in [0.25, 0.3) is 0 Å². The summed E-state index contributed by atoms with van der Waals surface area (Å²) in [7, 11) is 1.59. The zero-order valence-corrected chi connectivity index (χ0v) is 7.66. The standard InChI is InChI=1S/C10H14FNO/c1-13-7-8(6-12)9-4-2-3-5-10(9)11/h2-5,8H,6-7,12H2,1H3. The number of rotatable bonds is 4. The van der Waals surface area contributed by atoms with Crippen LogP contribution in [-0.2, 0) is 4.74 Å². The van der Waals surface area contributed by atoms with Crippen molar-refractivity contribution < 1.29 is 9.13 Å². The molecule has 0 radical (unpaired) electrons. The Bertz CT molecular complexity index is 265. The molecule has 1 rings (SSSR count). The quantitative estimate of drug-likeness (QED) is 0.768. The van der Waals surface area contributed by atoms with E-state index in [4.69, 9.17) is 10.5 Å². The average Bonchev–Trinajstić information content (AvgIpc) is 2.16. The smallest absolute Gasteiger partial charge is 0.126 e. The van der Waals surface area contributed by atoms with E-state index in [9.17, 15) is 4.39 Å². The third-order valence-corrected chi connectivity index (χ3v) is 2.00. The summed E-state index contributed by atoms with van der Waals surface area (Å²) in [6.45, 7) is 0.853. The minimum Gasteiger partial charge on any atom is -0.384 e. The van der Waals surface area contributed by atoms with E-state index in [1.165, 1.54) is 6.07 Å². The van der Waals surface area contributed by atoms with Crippen LogP contribution in [0.15, 0.2) is 24.3 Å². The van der Waals surface area contributed by atoms with Gasteiger partial charge in [-0.05, 0) is 11.6 Å². The zero-order valence-electron chi connectivity index (χ0n) is 7.66. The molecule has 0 saturated carbocycles. The minimum atomic E-state index is -0.213. The van der Waals surface area contributed by atoms with E-state index in [2.05, 4.69) is 0 Å². The van der Waals surface area contributed by atoms with Gasteiger partial charge in [0.15, 0.2) is 0 Å². The second kappa shape index (κ2) is 4.94. The summed E-state index contributed by atoms with van der Waals surface area (Å²) in [5.41, 5.74) is 6.14. The molecule has 0 spiro atoms. The molecule has 0 aromatic heterocycles. The molecule has 3 heteroatoms. The van der Waals surface area contributed by atoms with Crippen LogP contribution in [0.3, 0.4) is 0 Å². The summed E-state index contributed by atoms with van der Waals surface area (Å²) in [6, 6.07) is 6.65. The number of hydrogen-bond acceptors (Lipinski definition) is 2. The number of ether oxygens (including phenoxy) is 1. The summed E-state index contributed by atoms with van der Waals surface area (Å²) in [5.74, 6) is -0.263. The third-order valence-electron chi connectivity index (χ3n) is 2.00. The molecule has 0 bridgehead atoms. The van der Waals surface area contributed by atoms with E-state index < -0.39 is 0 Å². The summed E-state index contributed by atoms with van der Waals surface area (Å²) in [5, 5.41) is 0. The molecule has 2 nitrogen and oxygen atoms in total. The Labute approximate surface area is 77.5 Å². The molecule has 0 amide bonds. The normalized spacial score (nSPS) is 12.8. The molecule has 0 heterocycles. The maximum absolute atomic E-state index is 13.2. The van der Waals surface area contributed by atoms with Gasteiger partial charge in [-0.2, -0.15) is 0 Å². The molecule has 0 aliphatic carbocycles. The lowest BCUT2D eigenvalue weighted by Crippen LogP contribution is -2.18. The predicted molar refractivity (Wildman–Crippen MR) is 50.1 cm³/mol. The zero-order chi connectivity index (χ0) is 9.68. The van der Waals surface area contributed by atoms with Gasteiger partial charge in [0, 0.05) is 19.6 Å². The first-order chi connectivity index (χ1) is 6.29. The molecule has 72 valence electrons. The molecule has 1 aromatic carbocycles. The van der Waals surface area contributed by atoms with Crippen LogP contribution in [0.1, 0.15) is 11.5 Å². The second-order valence-corrected chi connectivity index (χ2v) is 2.91. The Balaban J connectivity index is 2.84. The molecule has 0 fully saturated rings. The fraction of sp³-hybridized carbons (Fsp3) is 0.400. The predicted octanol–water partition coefficient (Wildman–Crippen LogP) is 1.51. The van der Waals surface area contributed by atoms with E-state index in [1.807, 2.05) is 0 Å². The highest BCUT2D eigenvalue weighted by atomic mass is 19.1. The van der Waals surface area contributed by atoms with Crippen molar-refractivity contribution in [2.75, 3.05) is 20.3 Å². The third kappa shape index (κ3) is 2.50. The molecular formula is C10H14FNO. The Kier molecular flexibility index (Phi) is 3.86. The van der Waals surface area contributed by atoms with E-state index in [-0.39, 0.29) is 11.7 Å². The lowest BCUT2D eigenvalue weighted by Gasteiger charge is -2.14. The van der Waals surface area contributed by atoms with Crippen LogP contribution in [-0.4, -0.2) is 20.3 Å². The van der Waals surface area contributed by atoms with Crippen molar-refractivity contribution in [1.82, 2.24) is 0 Å². The first-order valence-electron chi connectivity index (χ1n) is 4.23. The Morgan fingerprint density at radius 1 is 1.46 bits per heavy atom. The molecule has 0 aliphatic heterocycles. The van der Waals surface area contributed by atoms with Crippen LogP contribution in [0, 0.1) is 5.82 Å². The number of benzene rings is 1. The van der Waals surface area contributed by atoms with Crippen molar-refractivity contribution in [1.29, 1.82) is 0 Å². The molecule has 1 atom stereocenters. The number of methoxy groups -OCH3 is 1. The fourth-order valence-electron chi connectivity index (χ4n) is 1.29. The van der Waals surface area contributed by atoms with Gasteiger partial charge in [0.25, 0.3) is 0 Å². The van der Waals surface area contributed by atoms with Crippen molar-refractivity contribution in [3.05, 3.63) is 35.6 Å². The molecular weight excluding hydrogens is 169 g/mol. The molecule has 1 aromatic rings. The second-order valence-electron chi connectivity index (χ2n) is 2.91. The molecule has 0 aliphatic rings. The molecule has 0 saturated heterocycles.